The van der Waals surface area contributed by atoms with Crippen LogP contribution in [0.15, 0.2) is 18.3 Å². The minimum atomic E-state index is -5.08. The summed E-state index contributed by atoms with van der Waals surface area (Å²) in [4.78, 5) is 13.5. The number of alkyl halides is 3. The van der Waals surface area contributed by atoms with Gasteiger partial charge in [0.2, 0.25) is 0 Å². The zero-order valence-corrected chi connectivity index (χ0v) is 17.2. The minimum Gasteiger partial charge on any atom is -0.489 e. The molecule has 0 saturated carbocycles. The Bertz CT molecular complexity index is 909. The molecule has 0 amide bonds. The number of hydrogen-bond donors (Lipinski definition) is 2. The summed E-state index contributed by atoms with van der Waals surface area (Å²) in [6.45, 7) is 5.15. The number of imidazole rings is 1. The molecule has 1 fully saturated rings. The first-order valence-electron chi connectivity index (χ1n) is 9.69. The Morgan fingerprint density at radius 1 is 1.33 bits per heavy atom. The van der Waals surface area contributed by atoms with Crippen LogP contribution in [0, 0.1) is 6.92 Å². The zero-order chi connectivity index (χ0) is 21.9. The van der Waals surface area contributed by atoms with Crippen molar-refractivity contribution in [3.63, 3.8) is 0 Å². The number of benzene rings is 1. The lowest BCUT2D eigenvalue weighted by Crippen LogP contribution is -2.34. The Hall–Kier alpha value is -2.26. The minimum absolute atomic E-state index is 0.274. The number of ether oxygens (including phenoxy) is 1. The molecule has 0 atom stereocenters. The van der Waals surface area contributed by atoms with Crippen LogP contribution in [0.25, 0.3) is 11.3 Å². The third kappa shape index (κ3) is 5.26. The van der Waals surface area contributed by atoms with Crippen LogP contribution in [0.2, 0.25) is 5.02 Å². The molecule has 2 N–H and O–H groups in total. The van der Waals surface area contributed by atoms with Gasteiger partial charge < -0.3 is 19.7 Å². The molecule has 164 valence electrons. The largest absolute Gasteiger partial charge is 0.490 e. The molecule has 2 aromatic rings. The van der Waals surface area contributed by atoms with Gasteiger partial charge in [0.25, 0.3) is 0 Å². The van der Waals surface area contributed by atoms with Crippen LogP contribution in [0.1, 0.15) is 30.7 Å². The number of carboxylic acid groups (broad SMARTS) is 1. The lowest BCUT2D eigenvalue weighted by molar-refractivity contribution is -0.192. The van der Waals surface area contributed by atoms with Crippen LogP contribution in [0.4, 0.5) is 13.2 Å². The van der Waals surface area contributed by atoms with E-state index in [1.807, 2.05) is 18.3 Å². The van der Waals surface area contributed by atoms with Gasteiger partial charge in [-0.05, 0) is 57.0 Å². The SMILES string of the molecule is Cc1cc(Cl)cc(-c2cnc3n2CCC3)c1OC1CCNCC1.O=C(O)C(F)(F)F. The maximum absolute atomic E-state index is 10.6. The van der Waals surface area contributed by atoms with Gasteiger partial charge in [0.15, 0.2) is 0 Å². The molecule has 0 radical (unpaired) electrons. The molecule has 6 nitrogen and oxygen atoms in total. The Labute approximate surface area is 177 Å². The van der Waals surface area contributed by atoms with Gasteiger partial charge in [0.05, 0.1) is 11.9 Å². The van der Waals surface area contributed by atoms with Crippen molar-refractivity contribution in [2.75, 3.05) is 13.1 Å². The third-order valence-corrected chi connectivity index (χ3v) is 5.27. The van der Waals surface area contributed by atoms with E-state index in [0.717, 1.165) is 66.5 Å². The standard InChI is InChI=1S/C18H22ClN3O.C2HF3O2/c1-12-9-13(19)10-15(16-11-21-17-3-2-8-22(16)17)18(12)23-14-4-6-20-7-5-14;3-2(4,5)1(6)7/h9-11,14,20H,2-8H2,1H3;(H,6,7). The van der Waals surface area contributed by atoms with Crippen molar-refractivity contribution in [1.82, 2.24) is 14.9 Å². The second-order valence-corrected chi connectivity index (χ2v) is 7.72. The van der Waals surface area contributed by atoms with Crippen LogP contribution in [-0.2, 0) is 17.8 Å². The molecule has 0 bridgehead atoms. The monoisotopic (exact) mass is 445 g/mol. The van der Waals surface area contributed by atoms with E-state index in [1.165, 1.54) is 12.2 Å². The molecule has 1 aromatic carbocycles. The molecule has 4 rings (SSSR count). The lowest BCUT2D eigenvalue weighted by Gasteiger charge is -2.26. The summed E-state index contributed by atoms with van der Waals surface area (Å²) < 4.78 is 40.5. The fourth-order valence-corrected chi connectivity index (χ4v) is 3.90. The number of aromatic nitrogens is 2. The highest BCUT2D eigenvalue weighted by Crippen LogP contribution is 2.38. The van der Waals surface area contributed by atoms with Crippen LogP contribution in [0.3, 0.4) is 0 Å². The van der Waals surface area contributed by atoms with Crippen molar-refractivity contribution < 1.29 is 27.8 Å². The van der Waals surface area contributed by atoms with Gasteiger partial charge in [-0.15, -0.1) is 0 Å². The van der Waals surface area contributed by atoms with Gasteiger partial charge in [0.1, 0.15) is 17.7 Å². The second kappa shape index (κ2) is 9.26. The molecule has 3 heterocycles. The summed E-state index contributed by atoms with van der Waals surface area (Å²) in [5.41, 5.74) is 3.31. The first-order chi connectivity index (χ1) is 14.2. The number of piperidine rings is 1. The topological polar surface area (TPSA) is 76.4 Å². The summed E-state index contributed by atoms with van der Waals surface area (Å²) in [5.74, 6) is -0.617. The molecule has 1 aromatic heterocycles. The average Bonchev–Trinajstić information content (AvgIpc) is 3.28. The summed E-state index contributed by atoms with van der Waals surface area (Å²) in [6, 6.07) is 4.01. The molecule has 2 aliphatic rings. The Morgan fingerprint density at radius 3 is 2.63 bits per heavy atom. The highest BCUT2D eigenvalue weighted by Gasteiger charge is 2.38. The van der Waals surface area contributed by atoms with Crippen molar-refractivity contribution in [3.05, 3.63) is 34.7 Å². The van der Waals surface area contributed by atoms with Gasteiger partial charge in [-0.25, -0.2) is 9.78 Å². The van der Waals surface area contributed by atoms with E-state index in [2.05, 4.69) is 21.8 Å². The zero-order valence-electron chi connectivity index (χ0n) is 16.4. The van der Waals surface area contributed by atoms with Crippen LogP contribution in [0.5, 0.6) is 5.75 Å². The lowest BCUT2D eigenvalue weighted by atomic mass is 10.1. The molecular formula is C20H23ClF3N3O3. The normalized spacial score (nSPS) is 16.6. The second-order valence-electron chi connectivity index (χ2n) is 7.28. The number of halogens is 4. The molecule has 2 aliphatic heterocycles. The third-order valence-electron chi connectivity index (χ3n) is 5.05. The summed E-state index contributed by atoms with van der Waals surface area (Å²) in [5, 5.41) is 11.3. The smallest absolute Gasteiger partial charge is 0.489 e. The van der Waals surface area contributed by atoms with E-state index in [0.29, 0.717) is 0 Å². The number of nitrogens with one attached hydrogen (secondary N) is 1. The predicted molar refractivity (Wildman–Crippen MR) is 106 cm³/mol. The first-order valence-corrected chi connectivity index (χ1v) is 10.1. The van der Waals surface area contributed by atoms with Crippen LogP contribution in [-0.4, -0.2) is 46.0 Å². The fourth-order valence-electron chi connectivity index (χ4n) is 3.63. The van der Waals surface area contributed by atoms with E-state index >= 15 is 0 Å². The van der Waals surface area contributed by atoms with E-state index in [-0.39, 0.29) is 6.10 Å². The van der Waals surface area contributed by atoms with Gasteiger partial charge in [-0.1, -0.05) is 11.6 Å². The summed E-state index contributed by atoms with van der Waals surface area (Å²) in [6.07, 6.45) is 1.48. The number of fused-ring (bicyclic) bond motifs is 1. The summed E-state index contributed by atoms with van der Waals surface area (Å²) in [7, 11) is 0. The fraction of sp³-hybridized carbons (Fsp3) is 0.500. The van der Waals surface area contributed by atoms with Gasteiger partial charge in [-0.2, -0.15) is 13.2 Å². The van der Waals surface area contributed by atoms with E-state index < -0.39 is 12.1 Å². The van der Waals surface area contributed by atoms with Crippen LogP contribution >= 0.6 is 11.6 Å². The Balaban J connectivity index is 0.000000318. The maximum atomic E-state index is 10.6. The maximum Gasteiger partial charge on any atom is 0.490 e. The predicted octanol–water partition coefficient (Wildman–Crippen LogP) is 4.22. The van der Waals surface area contributed by atoms with Gasteiger partial charge in [0, 0.05) is 23.6 Å². The Morgan fingerprint density at radius 2 is 2.00 bits per heavy atom. The Kier molecular flexibility index (Phi) is 6.92. The first kappa shape index (κ1) is 22.4. The van der Waals surface area contributed by atoms with Crippen molar-refractivity contribution in [2.24, 2.45) is 0 Å². The summed E-state index contributed by atoms with van der Waals surface area (Å²) >= 11 is 6.34. The molecule has 0 aliphatic carbocycles. The number of aryl methyl sites for hydroxylation is 2. The molecule has 0 spiro atoms. The molecule has 10 heteroatoms. The molecule has 30 heavy (non-hydrogen) atoms. The number of carboxylic acids is 1. The van der Waals surface area contributed by atoms with Gasteiger partial charge in [-0.3, -0.25) is 0 Å². The van der Waals surface area contributed by atoms with E-state index in [4.69, 9.17) is 26.2 Å². The quantitative estimate of drug-likeness (QED) is 0.739. The van der Waals surface area contributed by atoms with Crippen LogP contribution < -0.4 is 10.1 Å². The molecule has 0 unspecified atom stereocenters. The molecule has 1 saturated heterocycles. The average molecular weight is 446 g/mol. The van der Waals surface area contributed by atoms with Crippen molar-refractivity contribution in [1.29, 1.82) is 0 Å². The number of nitrogens with zero attached hydrogens (tertiary/aromatic N) is 2. The van der Waals surface area contributed by atoms with Crippen molar-refractivity contribution in [3.8, 4) is 17.0 Å². The highest BCUT2D eigenvalue weighted by atomic mass is 35.5. The van der Waals surface area contributed by atoms with Gasteiger partial charge >= 0.3 is 12.1 Å². The van der Waals surface area contributed by atoms with E-state index in [1.54, 1.807) is 0 Å². The number of hydrogen-bond acceptors (Lipinski definition) is 4. The highest BCUT2D eigenvalue weighted by molar-refractivity contribution is 6.31. The van der Waals surface area contributed by atoms with Crippen molar-refractivity contribution >= 4 is 17.6 Å². The van der Waals surface area contributed by atoms with E-state index in [9.17, 15) is 13.2 Å². The van der Waals surface area contributed by atoms with Crippen molar-refractivity contribution in [2.45, 2.75) is 51.4 Å². The number of rotatable bonds is 3. The molecular weight excluding hydrogens is 423 g/mol. The number of carbonyl (C=O) groups is 1. The number of aliphatic carboxylic acids is 1.